The normalized spacial score (nSPS) is 22.0. The molecule has 0 saturated carbocycles. The molecule has 2 amide bonds. The highest BCUT2D eigenvalue weighted by Crippen LogP contribution is 2.46. The van der Waals surface area contributed by atoms with E-state index in [0.29, 0.717) is 48.4 Å². The third-order valence-corrected chi connectivity index (χ3v) is 7.64. The lowest BCUT2D eigenvalue weighted by Crippen LogP contribution is -2.48. The monoisotopic (exact) mass is 520 g/mol. The molecular weight excluding hydrogens is 499 g/mol. The number of ether oxygens (including phenoxy) is 2. The Labute approximate surface area is 177 Å². The number of carbonyl (C=O) groups is 2. The predicted molar refractivity (Wildman–Crippen MR) is 109 cm³/mol. The smallest absolute Gasteiger partial charge is 0.299 e. The Morgan fingerprint density at radius 1 is 1.14 bits per heavy atom. The van der Waals surface area contributed by atoms with Crippen molar-refractivity contribution in [1.29, 1.82) is 0 Å². The van der Waals surface area contributed by atoms with Crippen LogP contribution < -0.4 is 4.90 Å². The van der Waals surface area contributed by atoms with Crippen LogP contribution in [0.5, 0.6) is 0 Å². The van der Waals surface area contributed by atoms with Crippen molar-refractivity contribution in [2.45, 2.75) is 36.4 Å². The van der Waals surface area contributed by atoms with Gasteiger partial charge in [-0.3, -0.25) is 9.59 Å². The van der Waals surface area contributed by atoms with Gasteiger partial charge in [-0.15, -0.1) is 0 Å². The number of sulfonamides is 1. The molecule has 0 N–H and O–H groups in total. The van der Waals surface area contributed by atoms with Crippen molar-refractivity contribution in [1.82, 2.24) is 4.31 Å². The number of benzene rings is 1. The van der Waals surface area contributed by atoms with E-state index in [0.717, 1.165) is 17.7 Å². The highest BCUT2D eigenvalue weighted by Gasteiger charge is 2.57. The number of anilines is 1. The molecule has 2 saturated heterocycles. The standard InChI is InChI=1S/C18H21IN2O6S/c19-7-6-16(22)21-15-5-4-13(28(24,25)20-8-1-2-9-20)12-14(15)18(17(21)23)26-10-3-11-27-18/h4-5,12H,1-3,6-11H2. The van der Waals surface area contributed by atoms with E-state index in [9.17, 15) is 18.0 Å². The number of alkyl halides is 1. The van der Waals surface area contributed by atoms with Gasteiger partial charge >= 0.3 is 0 Å². The molecule has 4 rings (SSSR count). The highest BCUT2D eigenvalue weighted by atomic mass is 127. The number of hydrogen-bond acceptors (Lipinski definition) is 6. The number of carbonyl (C=O) groups excluding carboxylic acids is 2. The van der Waals surface area contributed by atoms with Crippen molar-refractivity contribution in [3.63, 3.8) is 0 Å². The van der Waals surface area contributed by atoms with E-state index >= 15 is 0 Å². The van der Waals surface area contributed by atoms with Gasteiger partial charge in [0, 0.05) is 29.5 Å². The van der Waals surface area contributed by atoms with Crippen LogP contribution in [0.1, 0.15) is 31.2 Å². The van der Waals surface area contributed by atoms with Crippen LogP contribution in [-0.4, -0.2) is 55.3 Å². The van der Waals surface area contributed by atoms with Gasteiger partial charge < -0.3 is 9.47 Å². The largest absolute Gasteiger partial charge is 0.338 e. The first-order valence-corrected chi connectivity index (χ1v) is 12.2. The molecule has 2 fully saturated rings. The van der Waals surface area contributed by atoms with Crippen molar-refractivity contribution in [3.8, 4) is 0 Å². The summed E-state index contributed by atoms with van der Waals surface area (Å²) >= 11 is 2.07. The highest BCUT2D eigenvalue weighted by molar-refractivity contribution is 14.1. The molecule has 1 aromatic carbocycles. The molecule has 1 aromatic rings. The molecule has 152 valence electrons. The second kappa shape index (κ2) is 7.63. The maximum absolute atomic E-state index is 13.2. The average molecular weight is 520 g/mol. The number of halogens is 1. The van der Waals surface area contributed by atoms with Crippen LogP contribution >= 0.6 is 22.6 Å². The van der Waals surface area contributed by atoms with Crippen LogP contribution in [0.25, 0.3) is 0 Å². The van der Waals surface area contributed by atoms with Crippen molar-refractivity contribution in [3.05, 3.63) is 23.8 Å². The lowest BCUT2D eigenvalue weighted by Gasteiger charge is -2.32. The summed E-state index contributed by atoms with van der Waals surface area (Å²) in [6, 6.07) is 4.40. The lowest BCUT2D eigenvalue weighted by atomic mass is 10.1. The summed E-state index contributed by atoms with van der Waals surface area (Å²) in [5.41, 5.74) is 0.626. The first kappa shape index (κ1) is 20.2. The topological polar surface area (TPSA) is 93.2 Å². The molecule has 0 atom stereocenters. The Balaban J connectivity index is 1.82. The van der Waals surface area contributed by atoms with Gasteiger partial charge in [-0.2, -0.15) is 4.31 Å². The number of fused-ring (bicyclic) bond motifs is 2. The summed E-state index contributed by atoms with van der Waals surface area (Å²) in [6.07, 6.45) is 2.47. The second-order valence-corrected chi connectivity index (χ2v) is 9.95. The van der Waals surface area contributed by atoms with Crippen molar-refractivity contribution < 1.29 is 27.5 Å². The summed E-state index contributed by atoms with van der Waals surface area (Å²) in [5.74, 6) is -2.70. The van der Waals surface area contributed by atoms with E-state index in [1.165, 1.54) is 22.5 Å². The van der Waals surface area contributed by atoms with E-state index < -0.39 is 21.7 Å². The SMILES string of the molecule is O=C(CCI)N1C(=O)C2(OCCCO2)c2cc(S(=O)(=O)N3CCCC3)ccc21. The van der Waals surface area contributed by atoms with Gasteiger partial charge in [-0.05, 0) is 37.5 Å². The molecule has 10 heteroatoms. The van der Waals surface area contributed by atoms with Gasteiger partial charge in [0.25, 0.3) is 11.7 Å². The van der Waals surface area contributed by atoms with E-state index in [1.54, 1.807) is 0 Å². The zero-order valence-electron chi connectivity index (χ0n) is 15.2. The molecule has 3 aliphatic heterocycles. The zero-order chi connectivity index (χ0) is 19.9. The van der Waals surface area contributed by atoms with Crippen LogP contribution in [0.4, 0.5) is 5.69 Å². The molecule has 28 heavy (non-hydrogen) atoms. The van der Waals surface area contributed by atoms with Crippen LogP contribution in [0, 0.1) is 0 Å². The molecule has 8 nitrogen and oxygen atoms in total. The minimum absolute atomic E-state index is 0.0845. The molecule has 0 aromatic heterocycles. The minimum Gasteiger partial charge on any atom is -0.338 e. The molecule has 1 spiro atoms. The Hall–Kier alpha value is -1.08. The number of hydrogen-bond donors (Lipinski definition) is 0. The molecule has 0 unspecified atom stereocenters. The van der Waals surface area contributed by atoms with Gasteiger partial charge in [0.2, 0.25) is 15.9 Å². The summed E-state index contributed by atoms with van der Waals surface area (Å²) in [4.78, 5) is 26.9. The van der Waals surface area contributed by atoms with Crippen molar-refractivity contribution >= 4 is 50.1 Å². The number of rotatable bonds is 4. The number of nitrogens with zero attached hydrogens (tertiary/aromatic N) is 2. The molecule has 3 heterocycles. The third kappa shape index (κ3) is 3.09. The van der Waals surface area contributed by atoms with E-state index in [4.69, 9.17) is 9.47 Å². The molecule has 0 radical (unpaired) electrons. The van der Waals surface area contributed by atoms with E-state index in [1.807, 2.05) is 0 Å². The maximum Gasteiger partial charge on any atom is 0.299 e. The molecular formula is C18H21IN2O6S. The summed E-state index contributed by atoms with van der Waals surface area (Å²) in [6.45, 7) is 1.55. The fourth-order valence-electron chi connectivity index (χ4n) is 3.84. The fourth-order valence-corrected chi connectivity index (χ4v) is 5.84. The Kier molecular flexibility index (Phi) is 5.51. The maximum atomic E-state index is 13.2. The quantitative estimate of drug-likeness (QED) is 0.444. The van der Waals surface area contributed by atoms with Gasteiger partial charge in [0.1, 0.15) is 0 Å². The molecule has 3 aliphatic rings. The summed E-state index contributed by atoms with van der Waals surface area (Å²) in [7, 11) is -3.67. The first-order chi connectivity index (χ1) is 13.4. The average Bonchev–Trinajstić information content (AvgIpc) is 3.30. The summed E-state index contributed by atoms with van der Waals surface area (Å²) < 4.78 is 39.5. The van der Waals surface area contributed by atoms with Crippen molar-refractivity contribution in [2.75, 3.05) is 35.6 Å². The Morgan fingerprint density at radius 2 is 1.82 bits per heavy atom. The minimum atomic E-state index is -3.67. The van der Waals surface area contributed by atoms with Gasteiger partial charge in [-0.25, -0.2) is 13.3 Å². The van der Waals surface area contributed by atoms with Crippen LogP contribution in [0.2, 0.25) is 0 Å². The van der Waals surface area contributed by atoms with E-state index in [2.05, 4.69) is 22.6 Å². The lowest BCUT2D eigenvalue weighted by molar-refractivity contribution is -0.256. The third-order valence-electron chi connectivity index (χ3n) is 5.21. The van der Waals surface area contributed by atoms with Gasteiger partial charge in [-0.1, -0.05) is 22.6 Å². The van der Waals surface area contributed by atoms with Gasteiger partial charge in [0.05, 0.1) is 23.8 Å². The Morgan fingerprint density at radius 3 is 2.46 bits per heavy atom. The predicted octanol–water partition coefficient (Wildman–Crippen LogP) is 1.76. The van der Waals surface area contributed by atoms with Crippen molar-refractivity contribution in [2.24, 2.45) is 0 Å². The van der Waals surface area contributed by atoms with Crippen LogP contribution in [0.15, 0.2) is 23.1 Å². The second-order valence-electron chi connectivity index (χ2n) is 6.93. The zero-order valence-corrected chi connectivity index (χ0v) is 18.2. The molecule has 0 bridgehead atoms. The van der Waals surface area contributed by atoms with Crippen LogP contribution in [-0.2, 0) is 34.9 Å². The Bertz CT molecular complexity index is 907. The van der Waals surface area contributed by atoms with Gasteiger partial charge in [0.15, 0.2) is 0 Å². The number of amides is 2. The fraction of sp³-hybridized carbons (Fsp3) is 0.556. The number of imide groups is 1. The van der Waals surface area contributed by atoms with Crippen LogP contribution in [0.3, 0.4) is 0 Å². The van der Waals surface area contributed by atoms with E-state index in [-0.39, 0.29) is 17.2 Å². The summed E-state index contributed by atoms with van der Waals surface area (Å²) in [5, 5.41) is 0. The first-order valence-electron chi connectivity index (χ1n) is 9.28. The molecule has 0 aliphatic carbocycles.